The van der Waals surface area contributed by atoms with E-state index in [0.29, 0.717) is 12.3 Å². The number of likely N-dealkylation sites (N-methyl/N-ethyl adjacent to an activating group) is 1. The molecular formula is C16H24N4O. The topological polar surface area (TPSA) is 49.3 Å². The van der Waals surface area contributed by atoms with Crippen molar-refractivity contribution in [1.29, 1.82) is 0 Å². The van der Waals surface area contributed by atoms with Gasteiger partial charge in [-0.15, -0.1) is 5.10 Å². The van der Waals surface area contributed by atoms with E-state index in [-0.39, 0.29) is 5.54 Å². The van der Waals surface area contributed by atoms with Gasteiger partial charge in [0.05, 0.1) is 11.2 Å². The highest BCUT2D eigenvalue weighted by Crippen LogP contribution is 2.37. The number of amides is 1. The molecule has 0 saturated carbocycles. The Morgan fingerprint density at radius 3 is 2.76 bits per heavy atom. The molecule has 3 rings (SSSR count). The number of aryl methyl sites for hydroxylation is 1. The Morgan fingerprint density at radius 2 is 2.05 bits per heavy atom. The Hall–Kier alpha value is -1.65. The minimum Gasteiger partial charge on any atom is -0.353 e. The Bertz CT molecular complexity index is 512. The molecule has 5 heteroatoms. The highest BCUT2D eigenvalue weighted by molar-refractivity contribution is 5.78. The quantitative estimate of drug-likeness (QED) is 0.837. The van der Waals surface area contributed by atoms with Crippen LogP contribution in [-0.4, -0.2) is 46.2 Å². The maximum absolute atomic E-state index is 12.3. The fourth-order valence-corrected chi connectivity index (χ4v) is 3.91. The molecule has 1 spiro atoms. The molecule has 0 aromatic carbocycles. The number of aromatic nitrogens is 2. The number of nitrogens with zero attached hydrogens (tertiary/aromatic N) is 4. The van der Waals surface area contributed by atoms with Crippen molar-refractivity contribution in [3.05, 3.63) is 17.8 Å². The largest absolute Gasteiger partial charge is 0.353 e. The Morgan fingerprint density at radius 1 is 1.24 bits per heavy atom. The standard InChI is InChI=1S/C16H24N4O/c1-3-20-15(21)6-4-9-16(20)10-5-11-19(12-16)14-8-7-13(2)17-18-14/h7-8H,3-6,9-12H2,1-2H3. The van der Waals surface area contributed by atoms with Crippen molar-refractivity contribution >= 4 is 11.7 Å². The number of carbonyl (C=O) groups excluding carboxylic acids is 1. The summed E-state index contributed by atoms with van der Waals surface area (Å²) in [5.41, 5.74) is 0.947. The third-order valence-electron chi connectivity index (χ3n) is 4.89. The van der Waals surface area contributed by atoms with Crippen LogP contribution in [0.4, 0.5) is 5.82 Å². The molecule has 0 radical (unpaired) electrons. The van der Waals surface area contributed by atoms with Crippen LogP contribution in [-0.2, 0) is 4.79 Å². The molecule has 0 bridgehead atoms. The first-order valence-corrected chi connectivity index (χ1v) is 8.00. The molecule has 2 aliphatic rings. The lowest BCUT2D eigenvalue weighted by Crippen LogP contribution is -2.62. The summed E-state index contributed by atoms with van der Waals surface area (Å²) in [5, 5.41) is 8.49. The molecule has 2 fully saturated rings. The van der Waals surface area contributed by atoms with Gasteiger partial charge in [0.25, 0.3) is 0 Å². The molecule has 0 aliphatic carbocycles. The van der Waals surface area contributed by atoms with Gasteiger partial charge in [-0.2, -0.15) is 5.10 Å². The number of hydrogen-bond acceptors (Lipinski definition) is 4. The van der Waals surface area contributed by atoms with Crippen LogP contribution in [0.2, 0.25) is 0 Å². The minimum atomic E-state index is 0.00883. The third-order valence-corrected chi connectivity index (χ3v) is 4.89. The molecule has 114 valence electrons. The zero-order valence-electron chi connectivity index (χ0n) is 13.0. The Balaban J connectivity index is 1.84. The van der Waals surface area contributed by atoms with E-state index in [0.717, 1.165) is 56.8 Å². The van der Waals surface area contributed by atoms with Gasteiger partial charge in [0.15, 0.2) is 5.82 Å². The maximum atomic E-state index is 12.3. The Kier molecular flexibility index (Phi) is 3.83. The molecule has 2 saturated heterocycles. The zero-order valence-corrected chi connectivity index (χ0v) is 13.0. The molecule has 21 heavy (non-hydrogen) atoms. The lowest BCUT2D eigenvalue weighted by atomic mass is 9.79. The third kappa shape index (κ3) is 2.61. The van der Waals surface area contributed by atoms with Crippen LogP contribution in [0.5, 0.6) is 0 Å². The van der Waals surface area contributed by atoms with E-state index >= 15 is 0 Å². The van der Waals surface area contributed by atoms with Crippen molar-refractivity contribution in [2.24, 2.45) is 0 Å². The number of carbonyl (C=O) groups is 1. The molecule has 5 nitrogen and oxygen atoms in total. The molecule has 2 aliphatic heterocycles. The number of anilines is 1. The summed E-state index contributed by atoms with van der Waals surface area (Å²) >= 11 is 0. The van der Waals surface area contributed by atoms with Crippen molar-refractivity contribution in [1.82, 2.24) is 15.1 Å². The van der Waals surface area contributed by atoms with E-state index in [1.54, 1.807) is 0 Å². The molecule has 1 atom stereocenters. The first-order chi connectivity index (χ1) is 10.1. The van der Waals surface area contributed by atoms with E-state index in [2.05, 4.69) is 26.9 Å². The van der Waals surface area contributed by atoms with E-state index in [1.165, 1.54) is 0 Å². The lowest BCUT2D eigenvalue weighted by molar-refractivity contribution is -0.142. The van der Waals surface area contributed by atoms with Crippen molar-refractivity contribution in [2.75, 3.05) is 24.5 Å². The van der Waals surface area contributed by atoms with Crippen molar-refractivity contribution in [3.8, 4) is 0 Å². The summed E-state index contributed by atoms with van der Waals surface area (Å²) in [6, 6.07) is 4.05. The normalized spacial score (nSPS) is 26.5. The van der Waals surface area contributed by atoms with Crippen LogP contribution in [0.3, 0.4) is 0 Å². The van der Waals surface area contributed by atoms with E-state index in [4.69, 9.17) is 0 Å². The minimum absolute atomic E-state index is 0.00883. The average Bonchev–Trinajstić information content (AvgIpc) is 2.48. The summed E-state index contributed by atoms with van der Waals surface area (Å²) in [7, 11) is 0. The predicted octanol–water partition coefficient (Wildman–Crippen LogP) is 2.16. The summed E-state index contributed by atoms with van der Waals surface area (Å²) < 4.78 is 0. The van der Waals surface area contributed by atoms with Gasteiger partial charge in [0.1, 0.15) is 0 Å². The second-order valence-electron chi connectivity index (χ2n) is 6.27. The Labute approximate surface area is 126 Å². The van der Waals surface area contributed by atoms with Gasteiger partial charge >= 0.3 is 0 Å². The summed E-state index contributed by atoms with van der Waals surface area (Å²) in [6.07, 6.45) is 5.06. The van der Waals surface area contributed by atoms with E-state index in [9.17, 15) is 4.79 Å². The zero-order chi connectivity index (χ0) is 14.9. The van der Waals surface area contributed by atoms with Gasteiger partial charge in [-0.25, -0.2) is 0 Å². The number of piperidine rings is 2. The van der Waals surface area contributed by atoms with Gasteiger partial charge in [0.2, 0.25) is 5.91 Å². The smallest absolute Gasteiger partial charge is 0.223 e. The summed E-state index contributed by atoms with van der Waals surface area (Å²) in [4.78, 5) is 16.7. The molecule has 0 N–H and O–H groups in total. The second kappa shape index (κ2) is 5.62. The number of likely N-dealkylation sites (tertiary alicyclic amines) is 1. The highest BCUT2D eigenvalue weighted by Gasteiger charge is 2.44. The molecule has 1 unspecified atom stereocenters. The van der Waals surface area contributed by atoms with Gasteiger partial charge in [-0.3, -0.25) is 4.79 Å². The van der Waals surface area contributed by atoms with Crippen LogP contribution < -0.4 is 4.90 Å². The predicted molar refractivity (Wildman–Crippen MR) is 82.2 cm³/mol. The van der Waals surface area contributed by atoms with Gasteiger partial charge in [-0.1, -0.05) is 0 Å². The van der Waals surface area contributed by atoms with E-state index < -0.39 is 0 Å². The van der Waals surface area contributed by atoms with Gasteiger partial charge < -0.3 is 9.80 Å². The second-order valence-corrected chi connectivity index (χ2v) is 6.27. The van der Waals surface area contributed by atoms with Crippen molar-refractivity contribution in [3.63, 3.8) is 0 Å². The van der Waals surface area contributed by atoms with Gasteiger partial charge in [0, 0.05) is 26.1 Å². The molecule has 1 amide bonds. The molecule has 3 heterocycles. The lowest BCUT2D eigenvalue weighted by Gasteiger charge is -2.52. The van der Waals surface area contributed by atoms with E-state index in [1.807, 2.05) is 19.1 Å². The van der Waals surface area contributed by atoms with Crippen molar-refractivity contribution < 1.29 is 4.79 Å². The van der Waals surface area contributed by atoms with Crippen LogP contribution in [0.1, 0.15) is 44.7 Å². The van der Waals surface area contributed by atoms with Gasteiger partial charge in [-0.05, 0) is 51.7 Å². The maximum Gasteiger partial charge on any atom is 0.223 e. The fraction of sp³-hybridized carbons (Fsp3) is 0.688. The molecule has 1 aromatic rings. The van der Waals surface area contributed by atoms with Crippen LogP contribution in [0, 0.1) is 6.92 Å². The SMILES string of the molecule is CCN1C(=O)CCCC12CCCN(c1ccc(C)nn1)C2. The average molecular weight is 288 g/mol. The molecule has 1 aromatic heterocycles. The fourth-order valence-electron chi connectivity index (χ4n) is 3.91. The van der Waals surface area contributed by atoms with Crippen LogP contribution >= 0.6 is 0 Å². The first-order valence-electron chi connectivity index (χ1n) is 8.00. The highest BCUT2D eigenvalue weighted by atomic mass is 16.2. The van der Waals surface area contributed by atoms with Crippen LogP contribution in [0.25, 0.3) is 0 Å². The summed E-state index contributed by atoms with van der Waals surface area (Å²) in [6.45, 7) is 6.75. The number of rotatable bonds is 2. The molecular weight excluding hydrogens is 264 g/mol. The van der Waals surface area contributed by atoms with Crippen LogP contribution in [0.15, 0.2) is 12.1 Å². The first kappa shape index (κ1) is 14.3. The monoisotopic (exact) mass is 288 g/mol. The number of hydrogen-bond donors (Lipinski definition) is 0. The van der Waals surface area contributed by atoms with Crippen molar-refractivity contribution in [2.45, 2.75) is 51.5 Å². The summed E-state index contributed by atoms with van der Waals surface area (Å²) in [5.74, 6) is 1.26.